The molecule has 1 rings (SSSR count). The fourth-order valence-corrected chi connectivity index (χ4v) is 1.64. The Balaban J connectivity index is 2.26. The zero-order chi connectivity index (χ0) is 11.1. The maximum absolute atomic E-state index is 11.2. The average molecular weight is 226 g/mol. The number of thiophene rings is 1. The van der Waals surface area contributed by atoms with Crippen LogP contribution in [0.2, 0.25) is 0 Å². The van der Waals surface area contributed by atoms with E-state index in [0.29, 0.717) is 13.1 Å². The third kappa shape index (κ3) is 4.12. The van der Waals surface area contributed by atoms with Gasteiger partial charge < -0.3 is 10.6 Å². The monoisotopic (exact) mass is 226 g/mol. The zero-order valence-corrected chi connectivity index (χ0v) is 9.39. The topological polar surface area (TPSA) is 58.2 Å². The lowest BCUT2D eigenvalue weighted by Crippen LogP contribution is -2.39. The Morgan fingerprint density at radius 3 is 2.67 bits per heavy atom. The highest BCUT2D eigenvalue weighted by Gasteiger charge is 2.11. The molecule has 4 nitrogen and oxygen atoms in total. The maximum atomic E-state index is 11.2. The number of hydrogen-bond donors (Lipinski definition) is 2. The van der Waals surface area contributed by atoms with Crippen LogP contribution in [0.3, 0.4) is 0 Å². The summed E-state index contributed by atoms with van der Waals surface area (Å²) in [7, 11) is 0. The minimum atomic E-state index is -0.574. The van der Waals surface area contributed by atoms with E-state index in [0.717, 1.165) is 12.0 Å². The van der Waals surface area contributed by atoms with E-state index in [-0.39, 0.29) is 0 Å². The largest absolute Gasteiger partial charge is 0.348 e. The molecule has 1 aromatic heterocycles. The molecule has 1 aromatic rings. The fourth-order valence-electron chi connectivity index (χ4n) is 0.975. The van der Waals surface area contributed by atoms with Crippen molar-refractivity contribution in [2.24, 2.45) is 0 Å². The van der Waals surface area contributed by atoms with E-state index in [9.17, 15) is 9.59 Å². The van der Waals surface area contributed by atoms with Crippen molar-refractivity contribution in [2.45, 2.75) is 19.9 Å². The molecular weight excluding hydrogens is 212 g/mol. The first kappa shape index (κ1) is 11.7. The van der Waals surface area contributed by atoms with E-state index in [2.05, 4.69) is 10.6 Å². The molecule has 0 bridgehead atoms. The Morgan fingerprint density at radius 1 is 1.33 bits per heavy atom. The second-order valence-electron chi connectivity index (χ2n) is 3.07. The smallest absolute Gasteiger partial charge is 0.309 e. The van der Waals surface area contributed by atoms with Gasteiger partial charge in [0.25, 0.3) is 0 Å². The second-order valence-corrected chi connectivity index (χ2v) is 3.85. The number of rotatable bonds is 4. The molecule has 0 aliphatic heterocycles. The van der Waals surface area contributed by atoms with Crippen LogP contribution in [0.4, 0.5) is 0 Å². The lowest BCUT2D eigenvalue weighted by atomic mass is 10.3. The molecular formula is C10H14N2O2S. The van der Waals surface area contributed by atoms with Gasteiger partial charge in [0.05, 0.1) is 0 Å². The lowest BCUT2D eigenvalue weighted by Gasteiger charge is -2.04. The fraction of sp³-hybridized carbons (Fsp3) is 0.400. The molecule has 15 heavy (non-hydrogen) atoms. The van der Waals surface area contributed by atoms with Gasteiger partial charge in [-0.1, -0.05) is 6.92 Å². The van der Waals surface area contributed by atoms with Crippen LogP contribution in [0, 0.1) is 0 Å². The Hall–Kier alpha value is -1.36. The highest BCUT2D eigenvalue weighted by Crippen LogP contribution is 2.04. The maximum Gasteiger partial charge on any atom is 0.309 e. The molecule has 1 heterocycles. The quantitative estimate of drug-likeness (QED) is 0.749. The molecule has 0 unspecified atom stereocenters. The highest BCUT2D eigenvalue weighted by atomic mass is 32.1. The van der Waals surface area contributed by atoms with Crippen LogP contribution in [-0.2, 0) is 16.1 Å². The Labute approximate surface area is 92.7 Å². The summed E-state index contributed by atoms with van der Waals surface area (Å²) in [4.78, 5) is 22.4. The van der Waals surface area contributed by atoms with Gasteiger partial charge in [-0.15, -0.1) is 0 Å². The molecule has 0 saturated carbocycles. The number of nitrogens with one attached hydrogen (secondary N) is 2. The Morgan fingerprint density at radius 2 is 2.07 bits per heavy atom. The first-order chi connectivity index (χ1) is 7.24. The summed E-state index contributed by atoms with van der Waals surface area (Å²) in [6.07, 6.45) is 0.823. The average Bonchev–Trinajstić information content (AvgIpc) is 2.75. The third-order valence-electron chi connectivity index (χ3n) is 1.77. The van der Waals surface area contributed by atoms with Crippen molar-refractivity contribution >= 4 is 23.2 Å². The number of carbonyl (C=O) groups excluding carboxylic acids is 2. The molecule has 82 valence electrons. The van der Waals surface area contributed by atoms with Crippen LogP contribution in [0.15, 0.2) is 16.8 Å². The van der Waals surface area contributed by atoms with Gasteiger partial charge in [0.1, 0.15) is 0 Å². The van der Waals surface area contributed by atoms with Crippen molar-refractivity contribution in [3.8, 4) is 0 Å². The standard InChI is InChI=1S/C10H14N2O2S/c1-2-4-11-9(13)10(14)12-6-8-3-5-15-7-8/h3,5,7H,2,4,6H2,1H3,(H,11,13)(H,12,14). The summed E-state index contributed by atoms with van der Waals surface area (Å²) >= 11 is 1.56. The molecule has 0 aliphatic rings. The van der Waals surface area contributed by atoms with Crippen molar-refractivity contribution in [1.29, 1.82) is 0 Å². The van der Waals surface area contributed by atoms with Gasteiger partial charge in [0, 0.05) is 13.1 Å². The van der Waals surface area contributed by atoms with Crippen LogP contribution in [0.25, 0.3) is 0 Å². The van der Waals surface area contributed by atoms with E-state index in [4.69, 9.17) is 0 Å². The summed E-state index contributed by atoms with van der Waals surface area (Å²) in [5, 5.41) is 8.93. The molecule has 0 spiro atoms. The highest BCUT2D eigenvalue weighted by molar-refractivity contribution is 7.07. The van der Waals surface area contributed by atoms with Crippen molar-refractivity contribution in [3.05, 3.63) is 22.4 Å². The van der Waals surface area contributed by atoms with E-state index in [1.54, 1.807) is 11.3 Å². The van der Waals surface area contributed by atoms with Gasteiger partial charge in [-0.25, -0.2) is 0 Å². The number of amides is 2. The molecule has 0 aliphatic carbocycles. The molecule has 0 saturated heterocycles. The summed E-state index contributed by atoms with van der Waals surface area (Å²) in [6.45, 7) is 2.87. The van der Waals surface area contributed by atoms with E-state index in [1.807, 2.05) is 23.8 Å². The lowest BCUT2D eigenvalue weighted by molar-refractivity contribution is -0.139. The normalized spacial score (nSPS) is 9.67. The van der Waals surface area contributed by atoms with Gasteiger partial charge >= 0.3 is 11.8 Å². The van der Waals surface area contributed by atoms with Crippen molar-refractivity contribution < 1.29 is 9.59 Å². The third-order valence-corrected chi connectivity index (χ3v) is 2.51. The van der Waals surface area contributed by atoms with Crippen LogP contribution in [0.5, 0.6) is 0 Å². The van der Waals surface area contributed by atoms with Crippen LogP contribution in [0.1, 0.15) is 18.9 Å². The van der Waals surface area contributed by atoms with E-state index < -0.39 is 11.8 Å². The van der Waals surface area contributed by atoms with E-state index >= 15 is 0 Å². The van der Waals surface area contributed by atoms with Crippen molar-refractivity contribution in [1.82, 2.24) is 10.6 Å². The second kappa shape index (κ2) is 6.19. The molecule has 0 fully saturated rings. The SMILES string of the molecule is CCCNC(=O)C(=O)NCc1ccsc1. The summed E-state index contributed by atoms with van der Waals surface area (Å²) in [6, 6.07) is 1.91. The minimum Gasteiger partial charge on any atom is -0.348 e. The first-order valence-corrected chi connectivity index (χ1v) is 5.75. The summed E-state index contributed by atoms with van der Waals surface area (Å²) < 4.78 is 0. The minimum absolute atomic E-state index is 0.405. The van der Waals surface area contributed by atoms with Gasteiger partial charge in [0.2, 0.25) is 0 Å². The van der Waals surface area contributed by atoms with Gasteiger partial charge in [0.15, 0.2) is 0 Å². The Bertz CT molecular complexity index is 322. The number of hydrogen-bond acceptors (Lipinski definition) is 3. The van der Waals surface area contributed by atoms with Crippen LogP contribution in [-0.4, -0.2) is 18.4 Å². The Kier molecular flexibility index (Phi) is 4.83. The molecule has 2 amide bonds. The predicted molar refractivity (Wildman–Crippen MR) is 59.5 cm³/mol. The van der Waals surface area contributed by atoms with Gasteiger partial charge in [-0.2, -0.15) is 11.3 Å². The van der Waals surface area contributed by atoms with E-state index in [1.165, 1.54) is 0 Å². The molecule has 0 radical (unpaired) electrons. The van der Waals surface area contributed by atoms with Crippen molar-refractivity contribution in [2.75, 3.05) is 6.54 Å². The molecule has 0 atom stereocenters. The van der Waals surface area contributed by atoms with Crippen molar-refractivity contribution in [3.63, 3.8) is 0 Å². The molecule has 0 aromatic carbocycles. The van der Waals surface area contributed by atoms with Crippen LogP contribution >= 0.6 is 11.3 Å². The summed E-state index contributed by atoms with van der Waals surface area (Å²) in [5.74, 6) is -1.14. The summed E-state index contributed by atoms with van der Waals surface area (Å²) in [5.41, 5.74) is 1.01. The van der Waals surface area contributed by atoms with Gasteiger partial charge in [-0.3, -0.25) is 9.59 Å². The number of carbonyl (C=O) groups is 2. The first-order valence-electron chi connectivity index (χ1n) is 4.81. The molecule has 2 N–H and O–H groups in total. The molecule has 5 heteroatoms. The van der Waals surface area contributed by atoms with Gasteiger partial charge in [-0.05, 0) is 28.8 Å². The van der Waals surface area contributed by atoms with Crippen LogP contribution < -0.4 is 10.6 Å². The zero-order valence-electron chi connectivity index (χ0n) is 8.58. The predicted octanol–water partition coefficient (Wildman–Crippen LogP) is 0.890.